The van der Waals surface area contributed by atoms with Crippen LogP contribution in [0, 0.1) is 6.92 Å². The van der Waals surface area contributed by atoms with Crippen molar-refractivity contribution in [2.45, 2.75) is 6.92 Å². The van der Waals surface area contributed by atoms with E-state index in [-0.39, 0.29) is 0 Å². The minimum absolute atomic E-state index is 1.04. The average molecular weight is 446 g/mol. The van der Waals surface area contributed by atoms with Gasteiger partial charge in [-0.3, -0.25) is 4.98 Å². The Balaban J connectivity index is 1.66. The predicted octanol–water partition coefficient (Wildman–Crippen LogP) is 3.20. The summed E-state index contributed by atoms with van der Waals surface area (Å²) in [7, 11) is -2.66. The van der Waals surface area contributed by atoms with Crippen molar-refractivity contribution in [3.63, 3.8) is 0 Å². The molecule has 0 unspecified atom stereocenters. The lowest BCUT2D eigenvalue weighted by molar-refractivity contribution is 0.630. The zero-order chi connectivity index (χ0) is 21.8. The van der Waals surface area contributed by atoms with Crippen LogP contribution in [0.5, 0.6) is 0 Å². The Morgan fingerprint density at radius 3 is 1.62 bits per heavy atom. The Morgan fingerprint density at radius 2 is 1.09 bits per heavy atom. The second kappa shape index (κ2) is 9.24. The molecule has 2 nitrogen and oxygen atoms in total. The normalized spacial score (nSPS) is 11.4. The maximum atomic E-state index is 7.24. The van der Waals surface area contributed by atoms with Crippen LogP contribution in [0.15, 0.2) is 121 Å². The molecule has 1 aromatic heterocycles. The van der Waals surface area contributed by atoms with Crippen LogP contribution in [0.3, 0.4) is 0 Å². The van der Waals surface area contributed by atoms with Gasteiger partial charge in [0.15, 0.2) is 0 Å². The molecule has 154 valence electrons. The van der Waals surface area contributed by atoms with Gasteiger partial charge in [0.25, 0.3) is 8.32 Å². The number of nitrogens with zero attached hydrogens (tertiary/aromatic N) is 1. The molecule has 4 heteroatoms. The van der Waals surface area contributed by atoms with Crippen molar-refractivity contribution in [1.82, 2.24) is 4.98 Å². The molecule has 0 radical (unpaired) electrons. The highest BCUT2D eigenvalue weighted by molar-refractivity contribution is 7.09. The van der Waals surface area contributed by atoms with E-state index in [4.69, 9.17) is 8.46 Å². The van der Waals surface area contributed by atoms with E-state index in [2.05, 4.69) is 122 Å². The van der Waals surface area contributed by atoms with Crippen LogP contribution < -0.4 is 20.0 Å². The Bertz CT molecular complexity index is 1230. The SMILES string of the molecule is Cc1nc2ccccc2c[c]1[AlH][O][Si](c1ccccc1)(c1ccccc1)c1ccccc1. The highest BCUT2D eigenvalue weighted by Crippen LogP contribution is 2.12. The van der Waals surface area contributed by atoms with Gasteiger partial charge >= 0.3 is 15.6 Å². The zero-order valence-electron chi connectivity index (χ0n) is 18.1. The lowest BCUT2D eigenvalue weighted by Crippen LogP contribution is -2.70. The van der Waals surface area contributed by atoms with E-state index < -0.39 is 23.9 Å². The van der Waals surface area contributed by atoms with Gasteiger partial charge in [0.1, 0.15) is 0 Å². The lowest BCUT2D eigenvalue weighted by Gasteiger charge is -2.34. The molecule has 4 aromatic carbocycles. The van der Waals surface area contributed by atoms with Crippen molar-refractivity contribution >= 4 is 54.8 Å². The van der Waals surface area contributed by atoms with Crippen LogP contribution in [0.25, 0.3) is 10.9 Å². The number of aryl methyl sites for hydroxylation is 1. The van der Waals surface area contributed by atoms with Gasteiger partial charge in [0.2, 0.25) is 0 Å². The number of para-hydroxylation sites is 1. The topological polar surface area (TPSA) is 22.1 Å². The molecule has 0 saturated carbocycles. The standard InChI is InChI=1S/C18H15OSi.C10H8N.Al.H/c19-20(16-10-4-1-5-11-16,17-12-6-2-7-13-17)18-14-8-3-9-15-18;1-8-6-7-9-4-2-3-5-10(9)11-8;;/h1-15H;2-5,7H,1H3;;/q-1;;+1;. The molecule has 0 aliphatic heterocycles. The third-order valence-electron chi connectivity index (χ3n) is 6.00. The van der Waals surface area contributed by atoms with Gasteiger partial charge in [-0.15, -0.1) is 0 Å². The monoisotopic (exact) mass is 445 g/mol. The van der Waals surface area contributed by atoms with Crippen LogP contribution in [0.1, 0.15) is 5.69 Å². The summed E-state index contributed by atoms with van der Waals surface area (Å²) in [6.07, 6.45) is 0. The summed E-state index contributed by atoms with van der Waals surface area (Å²) in [5.41, 5.74) is 2.12. The fourth-order valence-corrected chi connectivity index (χ4v) is 11.4. The number of fused-ring (bicyclic) bond motifs is 1. The Morgan fingerprint density at radius 1 is 0.625 bits per heavy atom. The van der Waals surface area contributed by atoms with E-state index in [9.17, 15) is 0 Å². The lowest BCUT2D eigenvalue weighted by atomic mass is 10.2. The molecule has 0 aliphatic rings. The van der Waals surface area contributed by atoms with Crippen molar-refractivity contribution < 1.29 is 3.48 Å². The predicted molar refractivity (Wildman–Crippen MR) is 138 cm³/mol. The summed E-state index contributed by atoms with van der Waals surface area (Å²) in [6, 6.07) is 42.9. The first-order chi connectivity index (χ1) is 15.8. The van der Waals surface area contributed by atoms with Crippen molar-refractivity contribution in [2.75, 3.05) is 0 Å². The summed E-state index contributed by atoms with van der Waals surface area (Å²) < 4.78 is 8.51. The van der Waals surface area contributed by atoms with Gasteiger partial charge in [-0.25, -0.2) is 0 Å². The summed E-state index contributed by atoms with van der Waals surface area (Å²) in [4.78, 5) is 4.86. The highest BCUT2D eigenvalue weighted by atomic mass is 28.4. The average Bonchev–Trinajstić information content (AvgIpc) is 2.86. The van der Waals surface area contributed by atoms with Crippen LogP contribution in [-0.4, -0.2) is 28.9 Å². The Hall–Kier alpha value is -3.00. The van der Waals surface area contributed by atoms with Gasteiger partial charge in [-0.2, -0.15) is 0 Å². The number of pyridine rings is 1. The van der Waals surface area contributed by atoms with Crippen molar-refractivity contribution in [3.05, 3.63) is 127 Å². The summed E-state index contributed by atoms with van der Waals surface area (Å²) in [5.74, 6) is 0. The van der Waals surface area contributed by atoms with Crippen LogP contribution in [0.4, 0.5) is 0 Å². The molecule has 0 amide bonds. The maximum absolute atomic E-state index is 7.24. The summed E-state index contributed by atoms with van der Waals surface area (Å²) in [5, 5.41) is 5.00. The summed E-state index contributed by atoms with van der Waals surface area (Å²) >= 11 is -1.06. The molecule has 0 spiro atoms. The minimum atomic E-state index is -2.66. The van der Waals surface area contributed by atoms with E-state index in [1.807, 2.05) is 6.07 Å². The first-order valence-electron chi connectivity index (χ1n) is 10.9. The third-order valence-corrected chi connectivity index (χ3v) is 12.8. The Kier molecular flexibility index (Phi) is 6.03. The first kappa shape index (κ1) is 20.9. The van der Waals surface area contributed by atoms with Gasteiger partial charge in [-0.1, -0.05) is 120 Å². The number of hydrogen-bond donors (Lipinski definition) is 0. The molecule has 1 heterocycles. The van der Waals surface area contributed by atoms with Gasteiger partial charge in [-0.05, 0) is 33.9 Å². The van der Waals surface area contributed by atoms with Gasteiger partial charge in [0.05, 0.1) is 5.52 Å². The van der Waals surface area contributed by atoms with E-state index in [0.717, 1.165) is 11.2 Å². The number of rotatable bonds is 6. The van der Waals surface area contributed by atoms with Crippen molar-refractivity contribution in [1.29, 1.82) is 0 Å². The molecule has 0 fully saturated rings. The van der Waals surface area contributed by atoms with Gasteiger partial charge < -0.3 is 3.48 Å². The smallest absolute Gasteiger partial charge is 0.468 e. The first-order valence-corrected chi connectivity index (χ1v) is 14.1. The molecule has 0 aliphatic carbocycles. The molecular formula is C28H24AlNOSi. The third kappa shape index (κ3) is 3.95. The molecule has 0 bridgehead atoms. The molecular weight excluding hydrogens is 421 g/mol. The second-order valence-corrected chi connectivity index (χ2v) is 13.3. The van der Waals surface area contributed by atoms with Crippen molar-refractivity contribution in [3.8, 4) is 0 Å². The Labute approximate surface area is 196 Å². The van der Waals surface area contributed by atoms with Crippen LogP contribution >= 0.6 is 0 Å². The fourth-order valence-electron chi connectivity index (χ4n) is 4.36. The molecule has 0 atom stereocenters. The summed E-state index contributed by atoms with van der Waals surface area (Å²) in [6.45, 7) is 2.11. The number of benzene rings is 4. The van der Waals surface area contributed by atoms with Gasteiger partial charge in [0, 0.05) is 5.69 Å². The minimum Gasteiger partial charge on any atom is -0.535 e. The molecule has 0 saturated heterocycles. The second-order valence-electron chi connectivity index (χ2n) is 7.99. The number of aromatic nitrogens is 1. The van der Waals surface area contributed by atoms with Crippen molar-refractivity contribution in [2.24, 2.45) is 0 Å². The molecule has 32 heavy (non-hydrogen) atoms. The number of hydrogen-bond acceptors (Lipinski definition) is 2. The van der Waals surface area contributed by atoms with Crippen LogP contribution in [0.2, 0.25) is 0 Å². The van der Waals surface area contributed by atoms with Crippen LogP contribution in [-0.2, 0) is 3.48 Å². The fraction of sp³-hybridized carbons (Fsp3) is 0.0357. The van der Waals surface area contributed by atoms with E-state index >= 15 is 0 Å². The van der Waals surface area contributed by atoms with E-state index in [1.165, 1.54) is 25.4 Å². The van der Waals surface area contributed by atoms with E-state index in [1.54, 1.807) is 0 Å². The zero-order valence-corrected chi connectivity index (χ0v) is 20.5. The molecule has 0 N–H and O–H groups in total. The molecule has 5 rings (SSSR count). The quantitative estimate of drug-likeness (QED) is 0.296. The highest BCUT2D eigenvalue weighted by Gasteiger charge is 2.41. The largest absolute Gasteiger partial charge is 0.535 e. The maximum Gasteiger partial charge on any atom is 0.468 e. The van der Waals surface area contributed by atoms with E-state index in [0.29, 0.717) is 0 Å². The molecule has 5 aromatic rings.